The third-order valence-corrected chi connectivity index (χ3v) is 5.32. The van der Waals surface area contributed by atoms with Gasteiger partial charge in [0.1, 0.15) is 18.7 Å². The maximum atomic E-state index is 11.6. The number of esters is 1. The molecule has 4 rings (SSSR count). The minimum absolute atomic E-state index is 0.0163. The fourth-order valence-electron chi connectivity index (χ4n) is 3.74. The number of hydrogen-bond donors (Lipinski definition) is 1. The first-order chi connectivity index (χ1) is 14.2. The van der Waals surface area contributed by atoms with Gasteiger partial charge in [0.2, 0.25) is 0 Å². The monoisotopic (exact) mass is 395 g/mol. The van der Waals surface area contributed by atoms with Gasteiger partial charge in [-0.05, 0) is 25.3 Å². The van der Waals surface area contributed by atoms with Gasteiger partial charge in [0.25, 0.3) is 0 Å². The lowest BCUT2D eigenvalue weighted by molar-refractivity contribution is -0.141. The Bertz CT molecular complexity index is 986. The van der Waals surface area contributed by atoms with Gasteiger partial charge in [0.15, 0.2) is 5.65 Å². The number of anilines is 1. The molecule has 29 heavy (non-hydrogen) atoms. The highest BCUT2D eigenvalue weighted by molar-refractivity contribution is 5.86. The van der Waals surface area contributed by atoms with Crippen molar-refractivity contribution in [1.29, 1.82) is 0 Å². The maximum absolute atomic E-state index is 11.6. The lowest BCUT2D eigenvalue weighted by atomic mass is 9.89. The van der Waals surface area contributed by atoms with Crippen LogP contribution in [-0.2, 0) is 20.8 Å². The van der Waals surface area contributed by atoms with E-state index < -0.39 is 0 Å². The number of nitrogens with one attached hydrogen (secondary N) is 1. The van der Waals surface area contributed by atoms with E-state index in [2.05, 4.69) is 51.6 Å². The third kappa shape index (κ3) is 4.22. The summed E-state index contributed by atoms with van der Waals surface area (Å²) in [5.41, 5.74) is 3.05. The van der Waals surface area contributed by atoms with E-state index in [9.17, 15) is 4.79 Å². The molecule has 1 aliphatic rings. The number of benzene rings is 1. The SMILES string of the molecule is COC(=O)Cn1ncc2c(NCC3CCCOC3c3ccc(C)cc3)ncnc21. The topological polar surface area (TPSA) is 91.2 Å². The summed E-state index contributed by atoms with van der Waals surface area (Å²) in [6.07, 6.45) is 5.35. The first-order valence-electron chi connectivity index (χ1n) is 9.81. The van der Waals surface area contributed by atoms with Crippen molar-refractivity contribution in [2.24, 2.45) is 5.92 Å². The number of aromatic nitrogens is 4. The number of ether oxygens (including phenoxy) is 2. The van der Waals surface area contributed by atoms with Crippen molar-refractivity contribution in [3.05, 3.63) is 47.9 Å². The average Bonchev–Trinajstić information content (AvgIpc) is 3.16. The highest BCUT2D eigenvalue weighted by Crippen LogP contribution is 2.34. The Morgan fingerprint density at radius 3 is 2.93 bits per heavy atom. The van der Waals surface area contributed by atoms with E-state index in [1.165, 1.54) is 29.2 Å². The first kappa shape index (κ1) is 19.3. The second-order valence-electron chi connectivity index (χ2n) is 7.32. The molecule has 1 N–H and O–H groups in total. The second-order valence-corrected chi connectivity index (χ2v) is 7.32. The highest BCUT2D eigenvalue weighted by atomic mass is 16.5. The number of carbonyl (C=O) groups excluding carboxylic acids is 1. The Balaban J connectivity index is 1.51. The Labute approximate surface area is 169 Å². The molecule has 0 bridgehead atoms. The summed E-state index contributed by atoms with van der Waals surface area (Å²) in [4.78, 5) is 20.2. The largest absolute Gasteiger partial charge is 0.468 e. The molecule has 2 aromatic heterocycles. The fraction of sp³-hybridized carbons (Fsp3) is 0.429. The van der Waals surface area contributed by atoms with E-state index in [-0.39, 0.29) is 18.6 Å². The molecule has 3 heterocycles. The molecule has 8 heteroatoms. The molecule has 0 saturated carbocycles. The maximum Gasteiger partial charge on any atom is 0.327 e. The van der Waals surface area contributed by atoms with Gasteiger partial charge in [-0.15, -0.1) is 0 Å². The lowest BCUT2D eigenvalue weighted by Crippen LogP contribution is -2.28. The summed E-state index contributed by atoms with van der Waals surface area (Å²) in [6.45, 7) is 3.62. The smallest absolute Gasteiger partial charge is 0.327 e. The quantitative estimate of drug-likeness (QED) is 0.642. The van der Waals surface area contributed by atoms with Crippen LogP contribution in [0.4, 0.5) is 5.82 Å². The Hall–Kier alpha value is -3.00. The molecule has 0 spiro atoms. The van der Waals surface area contributed by atoms with Gasteiger partial charge in [-0.25, -0.2) is 14.6 Å². The Kier molecular flexibility index (Phi) is 5.71. The van der Waals surface area contributed by atoms with E-state index in [1.807, 2.05) is 0 Å². The van der Waals surface area contributed by atoms with Crippen molar-refractivity contribution >= 4 is 22.8 Å². The molecular weight excluding hydrogens is 370 g/mol. The fourth-order valence-corrected chi connectivity index (χ4v) is 3.74. The molecule has 1 aliphatic heterocycles. The molecule has 1 aromatic carbocycles. The molecule has 2 atom stereocenters. The number of rotatable bonds is 6. The van der Waals surface area contributed by atoms with Crippen LogP contribution < -0.4 is 5.32 Å². The summed E-state index contributed by atoms with van der Waals surface area (Å²) >= 11 is 0. The normalized spacial score (nSPS) is 19.2. The van der Waals surface area contributed by atoms with Crippen LogP contribution in [0.1, 0.15) is 30.1 Å². The van der Waals surface area contributed by atoms with Gasteiger partial charge < -0.3 is 14.8 Å². The van der Waals surface area contributed by atoms with Crippen molar-refractivity contribution in [3.8, 4) is 0 Å². The highest BCUT2D eigenvalue weighted by Gasteiger charge is 2.27. The van der Waals surface area contributed by atoms with Crippen LogP contribution in [0, 0.1) is 12.8 Å². The number of aryl methyl sites for hydroxylation is 1. The summed E-state index contributed by atoms with van der Waals surface area (Å²) < 4.78 is 12.4. The van der Waals surface area contributed by atoms with Crippen LogP contribution in [0.15, 0.2) is 36.8 Å². The Morgan fingerprint density at radius 2 is 2.14 bits per heavy atom. The molecule has 1 fully saturated rings. The molecule has 3 aromatic rings. The minimum atomic E-state index is -0.372. The number of nitrogens with zero attached hydrogens (tertiary/aromatic N) is 4. The van der Waals surface area contributed by atoms with E-state index in [4.69, 9.17) is 9.47 Å². The number of fused-ring (bicyclic) bond motifs is 1. The van der Waals surface area contributed by atoms with Crippen LogP contribution in [0.2, 0.25) is 0 Å². The van der Waals surface area contributed by atoms with E-state index in [0.717, 1.165) is 31.4 Å². The predicted molar refractivity (Wildman–Crippen MR) is 108 cm³/mol. The van der Waals surface area contributed by atoms with Gasteiger partial charge >= 0.3 is 5.97 Å². The summed E-state index contributed by atoms with van der Waals surface area (Å²) in [7, 11) is 1.35. The zero-order chi connectivity index (χ0) is 20.2. The van der Waals surface area contributed by atoms with Crippen molar-refractivity contribution in [2.75, 3.05) is 25.6 Å². The molecule has 0 amide bonds. The number of carbonyl (C=O) groups is 1. The van der Waals surface area contributed by atoms with Crippen molar-refractivity contribution in [3.63, 3.8) is 0 Å². The van der Waals surface area contributed by atoms with Crippen LogP contribution in [-0.4, -0.2) is 46.0 Å². The molecule has 8 nitrogen and oxygen atoms in total. The van der Waals surface area contributed by atoms with Crippen LogP contribution in [0.5, 0.6) is 0 Å². The minimum Gasteiger partial charge on any atom is -0.468 e. The average molecular weight is 395 g/mol. The van der Waals surface area contributed by atoms with Gasteiger partial charge in [-0.1, -0.05) is 29.8 Å². The molecule has 2 unspecified atom stereocenters. The van der Waals surface area contributed by atoms with Gasteiger partial charge in [0.05, 0.1) is 24.8 Å². The zero-order valence-corrected chi connectivity index (χ0v) is 16.7. The molecule has 0 aliphatic carbocycles. The Morgan fingerprint density at radius 1 is 1.31 bits per heavy atom. The van der Waals surface area contributed by atoms with Gasteiger partial charge in [0, 0.05) is 19.1 Å². The summed E-state index contributed by atoms with van der Waals surface area (Å²) in [5.74, 6) is 0.671. The van der Waals surface area contributed by atoms with Crippen molar-refractivity contribution < 1.29 is 14.3 Å². The standard InChI is InChI=1S/C21H25N5O3/c1-14-5-7-15(8-6-14)19-16(4-3-9-29-19)10-22-20-17-11-25-26(12-18(27)28-2)21(17)24-13-23-20/h5-8,11,13,16,19H,3-4,9-10,12H2,1-2H3,(H,22,23,24). The summed E-state index contributed by atoms with van der Waals surface area (Å²) in [5, 5.41) is 8.48. The van der Waals surface area contributed by atoms with Gasteiger partial charge in [-0.2, -0.15) is 5.10 Å². The van der Waals surface area contributed by atoms with Crippen molar-refractivity contribution in [2.45, 2.75) is 32.4 Å². The van der Waals surface area contributed by atoms with Crippen LogP contribution in [0.25, 0.3) is 11.0 Å². The molecule has 0 radical (unpaired) electrons. The van der Waals surface area contributed by atoms with Gasteiger partial charge in [-0.3, -0.25) is 4.79 Å². The molecular formula is C21H25N5O3. The van der Waals surface area contributed by atoms with E-state index in [1.54, 1.807) is 6.20 Å². The second kappa shape index (κ2) is 8.57. The van der Waals surface area contributed by atoms with E-state index >= 15 is 0 Å². The first-order valence-corrected chi connectivity index (χ1v) is 9.81. The predicted octanol–water partition coefficient (Wildman–Crippen LogP) is 2.89. The lowest BCUT2D eigenvalue weighted by Gasteiger charge is -2.32. The third-order valence-electron chi connectivity index (χ3n) is 5.32. The number of methoxy groups -OCH3 is 1. The molecule has 152 valence electrons. The number of hydrogen-bond acceptors (Lipinski definition) is 7. The van der Waals surface area contributed by atoms with Crippen molar-refractivity contribution in [1.82, 2.24) is 19.7 Å². The molecule has 1 saturated heterocycles. The van der Waals surface area contributed by atoms with E-state index in [0.29, 0.717) is 17.4 Å². The summed E-state index contributed by atoms with van der Waals surface area (Å²) in [6, 6.07) is 8.55. The van der Waals surface area contributed by atoms with Crippen LogP contribution in [0.3, 0.4) is 0 Å². The van der Waals surface area contributed by atoms with Crippen LogP contribution >= 0.6 is 0 Å². The zero-order valence-electron chi connectivity index (χ0n) is 16.7.